The maximum atomic E-state index is 13.1. The Balaban J connectivity index is 2.13. The van der Waals surface area contributed by atoms with Crippen LogP contribution in [0.5, 0.6) is 5.75 Å². The van der Waals surface area contributed by atoms with Gasteiger partial charge >= 0.3 is 6.09 Å². The number of nitrogens with zero attached hydrogens (tertiary/aromatic N) is 1. The van der Waals surface area contributed by atoms with E-state index in [0.29, 0.717) is 4.90 Å². The summed E-state index contributed by atoms with van der Waals surface area (Å²) in [5, 5.41) is 0. The number of hydrogen-bond donors (Lipinski definition) is 0. The number of fused-ring (bicyclic) bond motifs is 1. The zero-order valence-electron chi connectivity index (χ0n) is 14.7. The van der Waals surface area contributed by atoms with Gasteiger partial charge in [-0.1, -0.05) is 30.3 Å². The van der Waals surface area contributed by atoms with Crippen LogP contribution in [0.4, 0.5) is 4.79 Å². The van der Waals surface area contributed by atoms with Gasteiger partial charge in [-0.25, -0.2) is 13.3 Å². The summed E-state index contributed by atoms with van der Waals surface area (Å²) in [5.41, 5.74) is 0.893. The first-order chi connectivity index (χ1) is 11.8. The number of carbonyl (C=O) groups excluding carboxylic acids is 1. The second-order valence-corrected chi connectivity index (χ2v) is 8.09. The Kier molecular flexibility index (Phi) is 4.56. The molecule has 1 amide bonds. The second-order valence-electron chi connectivity index (χ2n) is 6.79. The topological polar surface area (TPSA) is 55.8 Å². The Morgan fingerprint density at radius 1 is 1.08 bits per heavy atom. The predicted octanol–water partition coefficient (Wildman–Crippen LogP) is 4.06. The molecule has 3 rings (SSSR count). The van der Waals surface area contributed by atoms with Crippen molar-refractivity contribution < 1.29 is 18.5 Å². The van der Waals surface area contributed by atoms with Crippen LogP contribution in [0.3, 0.4) is 0 Å². The molecule has 0 N–H and O–H groups in total. The molecule has 0 saturated heterocycles. The van der Waals surface area contributed by atoms with Gasteiger partial charge in [-0.2, -0.15) is 0 Å². The number of cyclic esters (lactones) is 1. The molecule has 0 radical (unpaired) electrons. The summed E-state index contributed by atoms with van der Waals surface area (Å²) in [6.45, 7) is 5.51. The van der Waals surface area contributed by atoms with Crippen LogP contribution in [0.1, 0.15) is 38.0 Å². The average Bonchev–Trinajstić information content (AvgIpc) is 2.69. The molecule has 0 bridgehead atoms. The molecule has 0 spiro atoms. The van der Waals surface area contributed by atoms with E-state index < -0.39 is 28.7 Å². The van der Waals surface area contributed by atoms with Gasteiger partial charge in [0.25, 0.3) is 0 Å². The van der Waals surface area contributed by atoms with Crippen molar-refractivity contribution in [1.82, 2.24) is 4.31 Å². The van der Waals surface area contributed by atoms with Crippen LogP contribution >= 0.6 is 0 Å². The fourth-order valence-corrected chi connectivity index (χ4v) is 4.23. The lowest BCUT2D eigenvalue weighted by Crippen LogP contribution is -2.46. The molecule has 25 heavy (non-hydrogen) atoms. The van der Waals surface area contributed by atoms with Crippen LogP contribution < -0.4 is 4.74 Å². The fourth-order valence-electron chi connectivity index (χ4n) is 2.78. The lowest BCUT2D eigenvalue weighted by molar-refractivity contribution is 0.0845. The Labute approximate surface area is 150 Å². The Bertz CT molecular complexity index is 811. The molecule has 2 unspecified atom stereocenters. The van der Waals surface area contributed by atoms with Gasteiger partial charge in [0.2, 0.25) is 0 Å². The third-order valence-corrected chi connectivity index (χ3v) is 5.74. The molecule has 2 aromatic rings. The monoisotopic (exact) mass is 359 g/mol. The van der Waals surface area contributed by atoms with Gasteiger partial charge in [-0.05, 0) is 44.5 Å². The summed E-state index contributed by atoms with van der Waals surface area (Å²) < 4.78 is 25.3. The molecular formula is C19H21NO4S. The fraction of sp³-hybridized carbons (Fsp3) is 0.316. The van der Waals surface area contributed by atoms with Gasteiger partial charge in [0.05, 0.1) is 17.5 Å². The van der Waals surface area contributed by atoms with Gasteiger partial charge in [0, 0.05) is 5.56 Å². The summed E-state index contributed by atoms with van der Waals surface area (Å²) >= 11 is 0. The van der Waals surface area contributed by atoms with Crippen LogP contribution in [0.2, 0.25) is 0 Å². The SMILES string of the molecule is COc1ccc(C2OC(=O)N(C(C)(C)C)S(=O)c3ccccc32)cc1. The van der Waals surface area contributed by atoms with Gasteiger partial charge < -0.3 is 9.47 Å². The van der Waals surface area contributed by atoms with Crippen molar-refractivity contribution in [2.45, 2.75) is 37.3 Å². The molecule has 132 valence electrons. The first-order valence-corrected chi connectivity index (χ1v) is 9.09. The molecule has 0 aromatic heterocycles. The van der Waals surface area contributed by atoms with Crippen LogP contribution in [-0.4, -0.2) is 27.3 Å². The molecule has 1 aliphatic heterocycles. The maximum Gasteiger partial charge on any atom is 0.423 e. The van der Waals surface area contributed by atoms with Crippen LogP contribution in [-0.2, 0) is 15.7 Å². The van der Waals surface area contributed by atoms with Crippen molar-refractivity contribution in [2.75, 3.05) is 7.11 Å². The first-order valence-electron chi connectivity index (χ1n) is 7.98. The molecular weight excluding hydrogens is 338 g/mol. The quantitative estimate of drug-likeness (QED) is 0.811. The minimum atomic E-state index is -1.64. The van der Waals surface area contributed by atoms with Crippen LogP contribution in [0.25, 0.3) is 0 Å². The smallest absolute Gasteiger partial charge is 0.423 e. The van der Waals surface area contributed by atoms with Crippen molar-refractivity contribution in [1.29, 1.82) is 0 Å². The van der Waals surface area contributed by atoms with E-state index in [1.165, 1.54) is 4.31 Å². The highest BCUT2D eigenvalue weighted by Crippen LogP contribution is 2.37. The summed E-state index contributed by atoms with van der Waals surface area (Å²) in [6.07, 6.45) is -1.21. The minimum absolute atomic E-state index is 0.587. The number of ether oxygens (including phenoxy) is 2. The van der Waals surface area contributed by atoms with E-state index in [-0.39, 0.29) is 0 Å². The van der Waals surface area contributed by atoms with Crippen molar-refractivity contribution in [2.24, 2.45) is 0 Å². The number of benzene rings is 2. The molecule has 5 nitrogen and oxygen atoms in total. The van der Waals surface area contributed by atoms with E-state index in [0.717, 1.165) is 16.9 Å². The van der Waals surface area contributed by atoms with Gasteiger partial charge in [0.15, 0.2) is 17.1 Å². The first kappa shape index (κ1) is 17.5. The van der Waals surface area contributed by atoms with Gasteiger partial charge in [0.1, 0.15) is 5.75 Å². The Morgan fingerprint density at radius 2 is 1.72 bits per heavy atom. The highest BCUT2D eigenvalue weighted by atomic mass is 32.2. The van der Waals surface area contributed by atoms with Crippen molar-refractivity contribution >= 4 is 17.1 Å². The van der Waals surface area contributed by atoms with E-state index in [1.54, 1.807) is 13.2 Å². The third-order valence-electron chi connectivity index (χ3n) is 3.97. The molecule has 2 atom stereocenters. The molecule has 6 heteroatoms. The average molecular weight is 359 g/mol. The van der Waals surface area contributed by atoms with Crippen LogP contribution in [0.15, 0.2) is 53.4 Å². The number of rotatable bonds is 2. The normalized spacial score (nSPS) is 20.5. The summed E-state index contributed by atoms with van der Waals surface area (Å²) in [4.78, 5) is 13.3. The zero-order valence-corrected chi connectivity index (χ0v) is 15.5. The summed E-state index contributed by atoms with van der Waals surface area (Å²) in [7, 11) is -0.0387. The minimum Gasteiger partial charge on any atom is -0.497 e. The third kappa shape index (κ3) is 3.26. The molecule has 1 heterocycles. The second kappa shape index (κ2) is 6.52. The van der Waals surface area contributed by atoms with E-state index in [1.807, 2.05) is 63.2 Å². The molecule has 2 aromatic carbocycles. The standard InChI is InChI=1S/C19H21NO4S/c1-19(2,3)20-18(21)24-17(13-9-11-14(23-4)12-10-13)15-7-5-6-8-16(15)25(20)22/h5-12,17H,1-4H3. The molecule has 1 aliphatic rings. The van der Waals surface area contributed by atoms with Crippen molar-refractivity contribution in [3.05, 3.63) is 59.7 Å². The van der Waals surface area contributed by atoms with Crippen molar-refractivity contribution in [3.8, 4) is 5.75 Å². The largest absolute Gasteiger partial charge is 0.497 e. The van der Waals surface area contributed by atoms with E-state index in [9.17, 15) is 9.00 Å². The highest BCUT2D eigenvalue weighted by Gasteiger charge is 2.40. The number of carbonyl (C=O) groups is 1. The van der Waals surface area contributed by atoms with Crippen LogP contribution in [0, 0.1) is 0 Å². The van der Waals surface area contributed by atoms with Gasteiger partial charge in [-0.3, -0.25) is 0 Å². The van der Waals surface area contributed by atoms with E-state index >= 15 is 0 Å². The molecule has 0 saturated carbocycles. The Hall–Kier alpha value is -2.34. The summed E-state index contributed by atoms with van der Waals surface area (Å²) in [5.74, 6) is 0.719. The predicted molar refractivity (Wildman–Crippen MR) is 95.8 cm³/mol. The summed E-state index contributed by atoms with van der Waals surface area (Å²) in [6, 6.07) is 14.6. The highest BCUT2D eigenvalue weighted by molar-refractivity contribution is 7.83. The van der Waals surface area contributed by atoms with E-state index in [2.05, 4.69) is 0 Å². The maximum absolute atomic E-state index is 13.1. The Morgan fingerprint density at radius 3 is 2.32 bits per heavy atom. The number of methoxy groups -OCH3 is 1. The zero-order chi connectivity index (χ0) is 18.2. The number of hydrogen-bond acceptors (Lipinski definition) is 4. The van der Waals surface area contributed by atoms with E-state index in [4.69, 9.17) is 9.47 Å². The van der Waals surface area contributed by atoms with Crippen molar-refractivity contribution in [3.63, 3.8) is 0 Å². The molecule has 0 fully saturated rings. The lowest BCUT2D eigenvalue weighted by Gasteiger charge is -2.31. The lowest BCUT2D eigenvalue weighted by atomic mass is 10.0. The molecule has 0 aliphatic carbocycles. The number of amides is 1. The van der Waals surface area contributed by atoms with Gasteiger partial charge in [-0.15, -0.1) is 0 Å².